The van der Waals surface area contributed by atoms with Gasteiger partial charge in [-0.2, -0.15) is 5.10 Å². The Morgan fingerprint density at radius 1 is 1.10 bits per heavy atom. The fraction of sp³-hybridized carbons (Fsp3) is 0.292. The highest BCUT2D eigenvalue weighted by atomic mass is 35.5. The summed E-state index contributed by atoms with van der Waals surface area (Å²) >= 11 is 6.21. The van der Waals surface area contributed by atoms with Gasteiger partial charge in [-0.15, -0.1) is 0 Å². The molecule has 1 fully saturated rings. The molecule has 1 aromatic heterocycles. The molecule has 1 saturated carbocycles. The quantitative estimate of drug-likeness (QED) is 0.636. The van der Waals surface area contributed by atoms with Gasteiger partial charge in [-0.3, -0.25) is 9.59 Å². The first-order valence-electron chi connectivity index (χ1n) is 10.4. The molecule has 0 spiro atoms. The topological polar surface area (TPSA) is 104 Å². The van der Waals surface area contributed by atoms with Gasteiger partial charge in [-0.05, 0) is 49.4 Å². The van der Waals surface area contributed by atoms with Crippen molar-refractivity contribution in [2.45, 2.75) is 37.1 Å². The minimum absolute atomic E-state index is 0.0423. The van der Waals surface area contributed by atoms with E-state index in [4.69, 9.17) is 23.1 Å². The average Bonchev–Trinajstić information content (AvgIpc) is 2.80. The lowest BCUT2D eigenvalue weighted by Crippen LogP contribution is -2.42. The first-order valence-corrected chi connectivity index (χ1v) is 10.8. The lowest BCUT2D eigenvalue weighted by Gasteiger charge is -2.40. The Morgan fingerprint density at radius 3 is 2.42 bits per heavy atom. The molecule has 4 N–H and O–H groups in total. The molecule has 0 radical (unpaired) electrons. The van der Waals surface area contributed by atoms with Crippen molar-refractivity contribution in [1.82, 2.24) is 9.78 Å². The van der Waals surface area contributed by atoms with Crippen LogP contribution in [0, 0.1) is 0 Å². The van der Waals surface area contributed by atoms with Gasteiger partial charge in [0, 0.05) is 22.5 Å². The zero-order valence-electron chi connectivity index (χ0n) is 17.1. The third kappa shape index (κ3) is 4.13. The molecule has 0 aliphatic heterocycles. The molecule has 3 aromatic rings. The third-order valence-corrected chi connectivity index (χ3v) is 6.59. The van der Waals surface area contributed by atoms with Crippen LogP contribution < -0.4 is 17.0 Å². The molecule has 1 aliphatic rings. The molecular formula is C24H25ClN4O2. The summed E-state index contributed by atoms with van der Waals surface area (Å²) in [5.41, 5.74) is 13.5. The van der Waals surface area contributed by atoms with Crippen molar-refractivity contribution in [2.75, 3.05) is 6.54 Å². The Balaban J connectivity index is 1.69. The zero-order chi connectivity index (χ0) is 22.0. The fourth-order valence-electron chi connectivity index (χ4n) is 4.51. The molecule has 1 heterocycles. The van der Waals surface area contributed by atoms with E-state index in [-0.39, 0.29) is 17.0 Å². The molecule has 0 unspecified atom stereocenters. The largest absolute Gasteiger partial charge is 0.365 e. The molecule has 31 heavy (non-hydrogen) atoms. The number of primary amides is 1. The number of amides is 1. The zero-order valence-corrected chi connectivity index (χ0v) is 17.9. The minimum atomic E-state index is -0.746. The average molecular weight is 437 g/mol. The van der Waals surface area contributed by atoms with Gasteiger partial charge >= 0.3 is 0 Å². The molecule has 0 atom stereocenters. The molecule has 0 saturated heterocycles. The molecule has 6 nitrogen and oxygen atoms in total. The fourth-order valence-corrected chi connectivity index (χ4v) is 4.71. The van der Waals surface area contributed by atoms with Crippen LogP contribution in [0.1, 0.15) is 47.6 Å². The Bertz CT molecular complexity index is 1150. The van der Waals surface area contributed by atoms with Crippen molar-refractivity contribution in [3.05, 3.63) is 87.2 Å². The second-order valence-corrected chi connectivity index (χ2v) is 8.59. The van der Waals surface area contributed by atoms with E-state index in [9.17, 15) is 9.59 Å². The molecule has 1 aliphatic carbocycles. The summed E-state index contributed by atoms with van der Waals surface area (Å²) in [6, 6.07) is 18.6. The summed E-state index contributed by atoms with van der Waals surface area (Å²) in [7, 11) is 0. The highest BCUT2D eigenvalue weighted by Gasteiger charge is 2.37. The number of halogens is 1. The van der Waals surface area contributed by atoms with Gasteiger partial charge in [-0.25, -0.2) is 4.68 Å². The van der Waals surface area contributed by atoms with Crippen molar-refractivity contribution >= 4 is 17.5 Å². The van der Waals surface area contributed by atoms with Crippen LogP contribution in [0.3, 0.4) is 0 Å². The van der Waals surface area contributed by atoms with E-state index < -0.39 is 11.5 Å². The highest BCUT2D eigenvalue weighted by molar-refractivity contribution is 6.30. The number of aromatic nitrogens is 2. The van der Waals surface area contributed by atoms with E-state index in [1.165, 1.54) is 10.7 Å². The third-order valence-electron chi connectivity index (χ3n) is 6.36. The van der Waals surface area contributed by atoms with E-state index >= 15 is 0 Å². The Kier molecular flexibility index (Phi) is 5.94. The SMILES string of the molecule is NC[C@]1(c2cccc(Cl)c2)CC[C@@H](n2nc(-c3ccccc3)cc(C(N)=O)c2=O)CC1. The van der Waals surface area contributed by atoms with E-state index in [1.54, 1.807) is 0 Å². The first-order chi connectivity index (χ1) is 14.9. The van der Waals surface area contributed by atoms with Gasteiger partial charge in [0.05, 0.1) is 11.7 Å². The van der Waals surface area contributed by atoms with Gasteiger partial charge in [-0.1, -0.05) is 54.1 Å². The second-order valence-electron chi connectivity index (χ2n) is 8.15. The standard InChI is InChI=1S/C24H25ClN4O2/c25-18-8-4-7-17(13-18)24(15-26)11-9-19(10-12-24)29-23(31)20(22(27)30)14-21(28-29)16-5-2-1-3-6-16/h1-8,13-14,19H,9-12,15,26H2,(H2,27,30)/t19-,24+. The minimum Gasteiger partial charge on any atom is -0.365 e. The van der Waals surface area contributed by atoms with Crippen LogP contribution in [-0.2, 0) is 5.41 Å². The van der Waals surface area contributed by atoms with Crippen LogP contribution in [-0.4, -0.2) is 22.2 Å². The van der Waals surface area contributed by atoms with Crippen molar-refractivity contribution in [1.29, 1.82) is 0 Å². The van der Waals surface area contributed by atoms with Crippen LogP contribution in [0.15, 0.2) is 65.5 Å². The van der Waals surface area contributed by atoms with Crippen molar-refractivity contribution in [2.24, 2.45) is 11.5 Å². The summed E-state index contributed by atoms with van der Waals surface area (Å²) in [4.78, 5) is 25.0. The van der Waals surface area contributed by atoms with E-state index in [1.807, 2.05) is 48.5 Å². The normalized spacial score (nSPS) is 21.0. The van der Waals surface area contributed by atoms with Gasteiger partial charge in [0.1, 0.15) is 5.56 Å². The van der Waals surface area contributed by atoms with Gasteiger partial charge in [0.2, 0.25) is 0 Å². The number of hydrogen-bond donors (Lipinski definition) is 2. The van der Waals surface area contributed by atoms with Crippen LogP contribution in [0.4, 0.5) is 0 Å². The number of rotatable bonds is 5. The Labute approximate surface area is 185 Å². The maximum Gasteiger partial charge on any atom is 0.279 e. The maximum absolute atomic E-state index is 13.0. The molecule has 2 aromatic carbocycles. The van der Waals surface area contributed by atoms with Crippen LogP contribution in [0.2, 0.25) is 5.02 Å². The predicted octanol–water partition coefficient (Wildman–Crippen LogP) is 3.67. The maximum atomic E-state index is 13.0. The molecule has 1 amide bonds. The van der Waals surface area contributed by atoms with E-state index in [0.717, 1.165) is 24.0 Å². The molecule has 7 heteroatoms. The summed E-state index contributed by atoms with van der Waals surface area (Å²) in [6.45, 7) is 0.499. The second kappa shape index (κ2) is 8.65. The van der Waals surface area contributed by atoms with Crippen molar-refractivity contribution in [3.8, 4) is 11.3 Å². The van der Waals surface area contributed by atoms with Crippen LogP contribution in [0.5, 0.6) is 0 Å². The number of benzene rings is 2. The summed E-state index contributed by atoms with van der Waals surface area (Å²) in [5, 5.41) is 5.30. The molecular weight excluding hydrogens is 412 g/mol. The highest BCUT2D eigenvalue weighted by Crippen LogP contribution is 2.42. The predicted molar refractivity (Wildman–Crippen MR) is 122 cm³/mol. The van der Waals surface area contributed by atoms with E-state index in [0.29, 0.717) is 30.1 Å². The lowest BCUT2D eigenvalue weighted by atomic mass is 9.68. The Morgan fingerprint density at radius 2 is 1.81 bits per heavy atom. The van der Waals surface area contributed by atoms with Crippen molar-refractivity contribution < 1.29 is 4.79 Å². The van der Waals surface area contributed by atoms with Crippen LogP contribution >= 0.6 is 11.6 Å². The smallest absolute Gasteiger partial charge is 0.279 e. The van der Waals surface area contributed by atoms with Gasteiger partial charge in [0.25, 0.3) is 11.5 Å². The number of carbonyl (C=O) groups is 1. The van der Waals surface area contributed by atoms with Crippen LogP contribution in [0.25, 0.3) is 11.3 Å². The Hall–Kier alpha value is -2.96. The summed E-state index contributed by atoms with van der Waals surface area (Å²) in [6.07, 6.45) is 3.02. The summed E-state index contributed by atoms with van der Waals surface area (Å²) in [5.74, 6) is -0.746. The van der Waals surface area contributed by atoms with E-state index in [2.05, 4.69) is 11.2 Å². The number of nitrogens with two attached hydrogens (primary N) is 2. The number of carbonyl (C=O) groups excluding carboxylic acids is 1. The molecule has 0 bridgehead atoms. The first kappa shape index (κ1) is 21.3. The lowest BCUT2D eigenvalue weighted by molar-refractivity contribution is 0.0997. The number of hydrogen-bond acceptors (Lipinski definition) is 4. The summed E-state index contributed by atoms with van der Waals surface area (Å²) < 4.78 is 1.45. The van der Waals surface area contributed by atoms with Gasteiger partial charge in [0.15, 0.2) is 0 Å². The van der Waals surface area contributed by atoms with Crippen molar-refractivity contribution in [3.63, 3.8) is 0 Å². The van der Waals surface area contributed by atoms with Gasteiger partial charge < -0.3 is 11.5 Å². The number of nitrogens with zero attached hydrogens (tertiary/aromatic N) is 2. The monoisotopic (exact) mass is 436 g/mol. The molecule has 160 valence electrons. The molecule has 4 rings (SSSR count).